The molecule has 1 heterocycles. The summed E-state index contributed by atoms with van der Waals surface area (Å²) < 4.78 is 5.81. The van der Waals surface area contributed by atoms with E-state index in [1.54, 1.807) is 6.07 Å². The Balaban J connectivity index is 1.85. The van der Waals surface area contributed by atoms with Gasteiger partial charge >= 0.3 is 0 Å². The molecular weight excluding hydrogens is 513 g/mol. The lowest BCUT2D eigenvalue weighted by atomic mass is 10.1. The van der Waals surface area contributed by atoms with E-state index in [9.17, 15) is 10.1 Å². The van der Waals surface area contributed by atoms with Crippen molar-refractivity contribution in [2.45, 2.75) is 46.3 Å². The smallest absolute Gasteiger partial charge is 0.270 e. The van der Waals surface area contributed by atoms with Gasteiger partial charge in [-0.1, -0.05) is 48.7 Å². The lowest BCUT2D eigenvalue weighted by Crippen LogP contribution is -2.26. The fraction of sp³-hybridized carbons (Fsp3) is 0.417. The summed E-state index contributed by atoms with van der Waals surface area (Å²) in [6, 6.07) is 7.69. The van der Waals surface area contributed by atoms with Gasteiger partial charge in [0.25, 0.3) is 5.69 Å². The number of halogens is 3. The largest absolute Gasteiger partial charge is 0.482 e. The Morgan fingerprint density at radius 2 is 1.80 bits per heavy atom. The fourth-order valence-electron chi connectivity index (χ4n) is 3.72. The third-order valence-corrected chi connectivity index (χ3v) is 6.41. The number of nitro groups is 1. The number of nitro benzene ring substituents is 1. The molecule has 1 atom stereocenters. The number of hydrogen-bond acceptors (Lipinski definition) is 7. The first-order chi connectivity index (χ1) is 16.7. The number of aromatic nitrogens is 2. The number of nitrogens with zero attached hydrogens (tertiary/aromatic N) is 4. The van der Waals surface area contributed by atoms with Gasteiger partial charge in [0.15, 0.2) is 11.6 Å². The summed E-state index contributed by atoms with van der Waals surface area (Å²) in [7, 11) is 0. The van der Waals surface area contributed by atoms with Gasteiger partial charge in [-0.05, 0) is 57.6 Å². The molecule has 0 amide bonds. The zero-order valence-corrected chi connectivity index (χ0v) is 22.1. The Kier molecular flexibility index (Phi) is 9.74. The molecule has 0 saturated heterocycles. The maximum atomic E-state index is 11.3. The van der Waals surface area contributed by atoms with E-state index in [1.165, 1.54) is 24.3 Å². The Bertz CT molecular complexity index is 1170. The first kappa shape index (κ1) is 27.2. The van der Waals surface area contributed by atoms with Gasteiger partial charge in [0.2, 0.25) is 0 Å². The third kappa shape index (κ3) is 7.30. The molecule has 0 fully saturated rings. The number of fused-ring (bicyclic) bond motifs is 1. The SMILES string of the molecule is CCN(CC)CCCC(C)Nc1nc(COc2c(Cl)cc(Cl)cc2Cl)nc2ccc([N+](=O)[O-])cc12. The third-order valence-electron chi connectivity index (χ3n) is 5.63. The van der Waals surface area contributed by atoms with Crippen LogP contribution in [0.1, 0.15) is 39.4 Å². The second-order valence-corrected chi connectivity index (χ2v) is 9.40. The lowest BCUT2D eigenvalue weighted by molar-refractivity contribution is -0.384. The second-order valence-electron chi connectivity index (χ2n) is 8.15. The van der Waals surface area contributed by atoms with Gasteiger partial charge in [-0.3, -0.25) is 10.1 Å². The van der Waals surface area contributed by atoms with Crippen molar-refractivity contribution < 1.29 is 9.66 Å². The molecule has 35 heavy (non-hydrogen) atoms. The highest BCUT2D eigenvalue weighted by Gasteiger charge is 2.16. The van der Waals surface area contributed by atoms with Crippen molar-refractivity contribution in [3.05, 3.63) is 61.3 Å². The van der Waals surface area contributed by atoms with Gasteiger partial charge in [0.1, 0.15) is 12.4 Å². The summed E-state index contributed by atoms with van der Waals surface area (Å²) >= 11 is 18.4. The van der Waals surface area contributed by atoms with Crippen LogP contribution in [0.15, 0.2) is 30.3 Å². The molecule has 2 aromatic carbocycles. The van der Waals surface area contributed by atoms with E-state index in [-0.39, 0.29) is 34.1 Å². The molecule has 1 aromatic heterocycles. The average molecular weight is 541 g/mol. The van der Waals surface area contributed by atoms with E-state index in [4.69, 9.17) is 39.5 Å². The number of benzene rings is 2. The van der Waals surface area contributed by atoms with Crippen LogP contribution in [0.4, 0.5) is 11.5 Å². The van der Waals surface area contributed by atoms with Gasteiger partial charge in [-0.25, -0.2) is 9.97 Å². The van der Waals surface area contributed by atoms with Crippen LogP contribution in [0, 0.1) is 10.1 Å². The van der Waals surface area contributed by atoms with E-state index in [2.05, 4.69) is 41.0 Å². The van der Waals surface area contributed by atoms with E-state index < -0.39 is 4.92 Å². The predicted molar refractivity (Wildman–Crippen MR) is 142 cm³/mol. The average Bonchev–Trinajstić information content (AvgIpc) is 2.81. The Labute approximate surface area is 219 Å². The molecule has 0 radical (unpaired) electrons. The summed E-state index contributed by atoms with van der Waals surface area (Å²) in [5, 5.41) is 16.3. The van der Waals surface area contributed by atoms with Gasteiger partial charge in [-0.2, -0.15) is 0 Å². The molecule has 3 rings (SSSR count). The normalized spacial score (nSPS) is 12.2. The molecular formula is C24H28Cl3N5O3. The van der Waals surface area contributed by atoms with E-state index in [0.717, 1.165) is 32.5 Å². The maximum Gasteiger partial charge on any atom is 0.270 e. The zero-order chi connectivity index (χ0) is 25.5. The fourth-order valence-corrected chi connectivity index (χ4v) is 4.65. The minimum absolute atomic E-state index is 0.000971. The van der Waals surface area contributed by atoms with Crippen LogP contribution in [-0.2, 0) is 6.61 Å². The number of ether oxygens (including phenoxy) is 1. The van der Waals surface area contributed by atoms with Crippen LogP contribution in [0.2, 0.25) is 15.1 Å². The van der Waals surface area contributed by atoms with Crippen LogP contribution in [0.25, 0.3) is 10.9 Å². The van der Waals surface area contributed by atoms with Crippen molar-refractivity contribution in [1.82, 2.24) is 14.9 Å². The monoisotopic (exact) mass is 539 g/mol. The highest BCUT2D eigenvalue weighted by Crippen LogP contribution is 2.36. The van der Waals surface area contributed by atoms with E-state index >= 15 is 0 Å². The molecule has 188 valence electrons. The zero-order valence-electron chi connectivity index (χ0n) is 19.9. The topological polar surface area (TPSA) is 93.4 Å². The number of nitrogens with one attached hydrogen (secondary N) is 1. The van der Waals surface area contributed by atoms with Gasteiger partial charge in [-0.15, -0.1) is 0 Å². The molecule has 0 aliphatic heterocycles. The highest BCUT2D eigenvalue weighted by molar-refractivity contribution is 6.40. The lowest BCUT2D eigenvalue weighted by Gasteiger charge is -2.20. The minimum atomic E-state index is -0.432. The second kappa shape index (κ2) is 12.5. The molecule has 0 bridgehead atoms. The standard InChI is InChI=1S/C24H28Cl3N5O3/c1-4-31(5-2)10-6-7-15(3)28-24-18-13-17(32(33)34)8-9-21(18)29-22(30-24)14-35-23-19(26)11-16(25)12-20(23)27/h8-9,11-13,15H,4-7,10,14H2,1-3H3,(H,28,29,30). The van der Waals surface area contributed by atoms with Gasteiger partial charge in [0, 0.05) is 28.6 Å². The summed E-state index contributed by atoms with van der Waals surface area (Å²) in [4.78, 5) is 22.4. The molecule has 3 aromatic rings. The van der Waals surface area contributed by atoms with Crippen LogP contribution >= 0.6 is 34.8 Å². The first-order valence-electron chi connectivity index (χ1n) is 11.4. The van der Waals surface area contributed by atoms with Crippen molar-refractivity contribution in [2.75, 3.05) is 25.0 Å². The van der Waals surface area contributed by atoms with Gasteiger partial charge < -0.3 is 15.0 Å². The van der Waals surface area contributed by atoms with Crippen molar-refractivity contribution in [2.24, 2.45) is 0 Å². The minimum Gasteiger partial charge on any atom is -0.482 e. The molecule has 11 heteroatoms. The summed E-state index contributed by atoms with van der Waals surface area (Å²) in [6.07, 6.45) is 1.93. The number of hydrogen-bond donors (Lipinski definition) is 1. The quantitative estimate of drug-likeness (QED) is 0.195. The number of rotatable bonds is 12. The molecule has 0 saturated carbocycles. The summed E-state index contributed by atoms with van der Waals surface area (Å²) in [5.41, 5.74) is 0.539. The Morgan fingerprint density at radius 1 is 1.11 bits per heavy atom. The van der Waals surface area contributed by atoms with Crippen molar-refractivity contribution in [3.8, 4) is 5.75 Å². The van der Waals surface area contributed by atoms with E-state index in [0.29, 0.717) is 27.6 Å². The van der Waals surface area contributed by atoms with Crippen LogP contribution in [0.3, 0.4) is 0 Å². The Hall–Kier alpha value is -2.39. The molecule has 1 unspecified atom stereocenters. The molecule has 1 N–H and O–H groups in total. The summed E-state index contributed by atoms with van der Waals surface area (Å²) in [6.45, 7) is 9.41. The molecule has 0 aliphatic rings. The first-order valence-corrected chi connectivity index (χ1v) is 12.6. The van der Waals surface area contributed by atoms with Gasteiger partial charge in [0.05, 0.1) is 20.5 Å². The molecule has 0 spiro atoms. The number of anilines is 1. The van der Waals surface area contributed by atoms with E-state index in [1.807, 2.05) is 0 Å². The number of non-ortho nitro benzene ring substituents is 1. The Morgan fingerprint density at radius 3 is 2.43 bits per heavy atom. The van der Waals surface area contributed by atoms with Crippen molar-refractivity contribution in [1.29, 1.82) is 0 Å². The van der Waals surface area contributed by atoms with Crippen LogP contribution in [0.5, 0.6) is 5.75 Å². The van der Waals surface area contributed by atoms with Crippen LogP contribution < -0.4 is 10.1 Å². The van der Waals surface area contributed by atoms with Crippen LogP contribution in [-0.4, -0.2) is 45.5 Å². The molecule has 8 nitrogen and oxygen atoms in total. The summed E-state index contributed by atoms with van der Waals surface area (Å²) in [5.74, 6) is 1.18. The van der Waals surface area contributed by atoms with Crippen molar-refractivity contribution in [3.63, 3.8) is 0 Å². The highest BCUT2D eigenvalue weighted by atomic mass is 35.5. The van der Waals surface area contributed by atoms with Crippen molar-refractivity contribution >= 4 is 57.2 Å². The molecule has 0 aliphatic carbocycles. The predicted octanol–water partition coefficient (Wildman–Crippen LogP) is 7.00. The maximum absolute atomic E-state index is 11.3.